The van der Waals surface area contributed by atoms with Gasteiger partial charge in [-0.1, -0.05) is 11.3 Å². The van der Waals surface area contributed by atoms with E-state index in [1.165, 1.54) is 11.3 Å². The lowest BCUT2D eigenvalue weighted by atomic mass is 10.1. The topological polar surface area (TPSA) is 119 Å². The zero-order valence-corrected chi connectivity index (χ0v) is 13.5. The molecule has 3 rings (SSSR count). The van der Waals surface area contributed by atoms with Crippen LogP contribution in [-0.2, 0) is 0 Å². The van der Waals surface area contributed by atoms with E-state index in [1.54, 1.807) is 18.2 Å². The molecule has 1 heterocycles. The summed E-state index contributed by atoms with van der Waals surface area (Å²) in [5.74, 6) is 0.302. The quantitative estimate of drug-likeness (QED) is 0.455. The number of aromatic nitrogens is 2. The van der Waals surface area contributed by atoms with Crippen molar-refractivity contribution in [2.45, 2.75) is 25.2 Å². The third-order valence-corrected chi connectivity index (χ3v) is 4.60. The van der Waals surface area contributed by atoms with Crippen LogP contribution >= 0.6 is 11.3 Å². The Morgan fingerprint density at radius 3 is 2.87 bits per heavy atom. The van der Waals surface area contributed by atoms with Gasteiger partial charge in [0.1, 0.15) is 5.01 Å². The van der Waals surface area contributed by atoms with Gasteiger partial charge >= 0.3 is 0 Å². The first-order chi connectivity index (χ1) is 11.2. The zero-order chi connectivity index (χ0) is 16.2. The zero-order valence-electron chi connectivity index (χ0n) is 12.7. The van der Waals surface area contributed by atoms with Crippen LogP contribution in [-0.4, -0.2) is 29.2 Å². The Kier molecular flexibility index (Phi) is 4.73. The van der Waals surface area contributed by atoms with E-state index in [9.17, 15) is 4.79 Å². The Labute approximate surface area is 138 Å². The van der Waals surface area contributed by atoms with Gasteiger partial charge in [-0.05, 0) is 44.0 Å². The maximum Gasteiger partial charge on any atom is 0.257 e. The average Bonchev–Trinajstić information content (AvgIpc) is 3.29. The summed E-state index contributed by atoms with van der Waals surface area (Å²) < 4.78 is 0. The largest absolute Gasteiger partial charge is 0.397 e. The minimum absolute atomic E-state index is 0.233. The van der Waals surface area contributed by atoms with E-state index >= 15 is 0 Å². The molecule has 0 bridgehead atoms. The minimum Gasteiger partial charge on any atom is -0.397 e. The maximum absolute atomic E-state index is 12.3. The highest BCUT2D eigenvalue weighted by molar-refractivity contribution is 7.15. The smallest absolute Gasteiger partial charge is 0.257 e. The fourth-order valence-corrected chi connectivity index (χ4v) is 3.05. The standard InChI is InChI=1S/C15H20N6OS/c16-6-1-7-18-12-5-4-10(8-11(12)17)13(22)19-15-21-20-14(23-15)9-2-3-9/h4-5,8-9,18H,1-3,6-7,16-17H2,(H,19,21,22). The number of benzene rings is 1. The van der Waals surface area contributed by atoms with Crippen LogP contribution in [0.2, 0.25) is 0 Å². The first kappa shape index (κ1) is 15.7. The molecule has 0 spiro atoms. The van der Waals surface area contributed by atoms with Crippen LogP contribution in [0.4, 0.5) is 16.5 Å². The summed E-state index contributed by atoms with van der Waals surface area (Å²) in [6, 6.07) is 5.19. The van der Waals surface area contributed by atoms with Crippen LogP contribution in [0.5, 0.6) is 0 Å². The summed E-state index contributed by atoms with van der Waals surface area (Å²) in [5.41, 5.74) is 13.3. The number of hydrogen-bond acceptors (Lipinski definition) is 7. The van der Waals surface area contributed by atoms with Gasteiger partial charge in [-0.25, -0.2) is 0 Å². The molecule has 122 valence electrons. The van der Waals surface area contributed by atoms with Crippen molar-refractivity contribution in [1.82, 2.24) is 10.2 Å². The maximum atomic E-state index is 12.3. The van der Waals surface area contributed by atoms with Crippen molar-refractivity contribution >= 4 is 33.8 Å². The Bertz CT molecular complexity index is 697. The van der Waals surface area contributed by atoms with E-state index in [4.69, 9.17) is 11.5 Å². The van der Waals surface area contributed by atoms with Crippen molar-refractivity contribution in [3.05, 3.63) is 28.8 Å². The van der Waals surface area contributed by atoms with Crippen molar-refractivity contribution in [2.24, 2.45) is 5.73 Å². The summed E-state index contributed by atoms with van der Waals surface area (Å²) in [6.07, 6.45) is 3.19. The SMILES string of the molecule is NCCCNc1ccc(C(=O)Nc2nnc(C3CC3)s2)cc1N. The van der Waals surface area contributed by atoms with Gasteiger partial charge in [0.15, 0.2) is 0 Å². The molecular formula is C15H20N6OS. The molecule has 1 aromatic carbocycles. The van der Waals surface area contributed by atoms with Crippen molar-refractivity contribution in [1.29, 1.82) is 0 Å². The van der Waals surface area contributed by atoms with Gasteiger partial charge in [0, 0.05) is 18.0 Å². The highest BCUT2D eigenvalue weighted by Crippen LogP contribution is 2.42. The highest BCUT2D eigenvalue weighted by atomic mass is 32.1. The molecule has 0 aliphatic heterocycles. The molecule has 8 heteroatoms. The van der Waals surface area contributed by atoms with Gasteiger partial charge in [-0.3, -0.25) is 10.1 Å². The number of hydrogen-bond donors (Lipinski definition) is 4. The number of carbonyl (C=O) groups excluding carboxylic acids is 1. The van der Waals surface area contributed by atoms with Gasteiger partial charge in [-0.15, -0.1) is 10.2 Å². The van der Waals surface area contributed by atoms with Gasteiger partial charge in [0.05, 0.1) is 11.4 Å². The number of nitrogens with one attached hydrogen (secondary N) is 2. The van der Waals surface area contributed by atoms with Gasteiger partial charge in [0.25, 0.3) is 5.91 Å². The van der Waals surface area contributed by atoms with Gasteiger partial charge < -0.3 is 16.8 Å². The molecule has 23 heavy (non-hydrogen) atoms. The Hall–Kier alpha value is -2.19. The van der Waals surface area contributed by atoms with E-state index < -0.39 is 0 Å². The lowest BCUT2D eigenvalue weighted by Gasteiger charge is -2.10. The van der Waals surface area contributed by atoms with Crippen LogP contribution in [0.15, 0.2) is 18.2 Å². The minimum atomic E-state index is -0.233. The molecule has 1 fully saturated rings. The van der Waals surface area contributed by atoms with Crippen LogP contribution in [0.25, 0.3) is 0 Å². The fraction of sp³-hybridized carbons (Fsp3) is 0.400. The third-order valence-electron chi connectivity index (χ3n) is 3.60. The molecule has 2 aromatic rings. The molecule has 1 amide bonds. The van der Waals surface area contributed by atoms with E-state index in [0.717, 1.165) is 36.5 Å². The van der Waals surface area contributed by atoms with Crippen molar-refractivity contribution in [3.8, 4) is 0 Å². The summed E-state index contributed by atoms with van der Waals surface area (Å²) in [5, 5.41) is 15.6. The second-order valence-corrected chi connectivity index (χ2v) is 6.55. The number of nitrogen functional groups attached to an aromatic ring is 1. The molecule has 0 atom stereocenters. The highest BCUT2D eigenvalue weighted by Gasteiger charge is 2.27. The predicted octanol–water partition coefficient (Wildman–Crippen LogP) is 2.01. The summed E-state index contributed by atoms with van der Waals surface area (Å²) >= 11 is 1.44. The fourth-order valence-electron chi connectivity index (χ4n) is 2.14. The van der Waals surface area contributed by atoms with E-state index in [-0.39, 0.29) is 5.91 Å². The number of rotatable bonds is 7. The average molecular weight is 332 g/mol. The summed E-state index contributed by atoms with van der Waals surface area (Å²) in [7, 11) is 0. The van der Waals surface area contributed by atoms with Crippen molar-refractivity contribution in [3.63, 3.8) is 0 Å². The summed E-state index contributed by atoms with van der Waals surface area (Å²) in [4.78, 5) is 12.3. The number of amides is 1. The normalized spacial score (nSPS) is 13.8. The second kappa shape index (κ2) is 6.93. The molecule has 0 radical (unpaired) electrons. The lowest BCUT2D eigenvalue weighted by molar-refractivity contribution is 0.102. The molecule has 7 nitrogen and oxygen atoms in total. The number of nitrogens with two attached hydrogens (primary N) is 2. The molecule has 1 aliphatic carbocycles. The van der Waals surface area contributed by atoms with Crippen LogP contribution in [0.3, 0.4) is 0 Å². The molecule has 0 saturated heterocycles. The number of anilines is 3. The second-order valence-electron chi connectivity index (χ2n) is 5.54. The Morgan fingerprint density at radius 1 is 1.35 bits per heavy atom. The molecule has 1 aromatic heterocycles. The van der Waals surface area contributed by atoms with Crippen molar-refractivity contribution < 1.29 is 4.79 Å². The first-order valence-electron chi connectivity index (χ1n) is 7.65. The first-order valence-corrected chi connectivity index (χ1v) is 8.47. The van der Waals surface area contributed by atoms with Gasteiger partial charge in [-0.2, -0.15) is 0 Å². The third kappa shape index (κ3) is 3.96. The van der Waals surface area contributed by atoms with Crippen LogP contribution in [0, 0.1) is 0 Å². The van der Waals surface area contributed by atoms with E-state index in [0.29, 0.717) is 28.8 Å². The van der Waals surface area contributed by atoms with Crippen molar-refractivity contribution in [2.75, 3.05) is 29.5 Å². The monoisotopic (exact) mass is 332 g/mol. The molecule has 0 unspecified atom stereocenters. The molecule has 1 aliphatic rings. The molecular weight excluding hydrogens is 312 g/mol. The van der Waals surface area contributed by atoms with E-state index in [1.807, 2.05) is 0 Å². The van der Waals surface area contributed by atoms with E-state index in [2.05, 4.69) is 20.8 Å². The lowest BCUT2D eigenvalue weighted by Crippen LogP contribution is -2.13. The predicted molar refractivity (Wildman–Crippen MR) is 92.9 cm³/mol. The number of nitrogens with zero attached hydrogens (tertiary/aromatic N) is 2. The van der Waals surface area contributed by atoms with Gasteiger partial charge in [0.2, 0.25) is 5.13 Å². The Morgan fingerprint density at radius 2 is 2.17 bits per heavy atom. The molecule has 6 N–H and O–H groups in total. The number of carbonyl (C=O) groups is 1. The molecule has 1 saturated carbocycles. The summed E-state index contributed by atoms with van der Waals surface area (Å²) in [6.45, 7) is 1.37. The van der Waals surface area contributed by atoms with Crippen LogP contribution in [0.1, 0.15) is 40.5 Å². The van der Waals surface area contributed by atoms with Crippen LogP contribution < -0.4 is 22.1 Å². The Balaban J connectivity index is 1.63.